The van der Waals surface area contributed by atoms with Crippen molar-refractivity contribution in [2.45, 2.75) is 12.6 Å². The number of aldehydes is 1. The summed E-state index contributed by atoms with van der Waals surface area (Å²) in [5.74, 6) is -1.19. The molecule has 0 aromatic rings. The lowest BCUT2D eigenvalue weighted by Gasteiger charge is -2.18. The van der Waals surface area contributed by atoms with E-state index in [9.17, 15) is 9.59 Å². The summed E-state index contributed by atoms with van der Waals surface area (Å²) in [5, 5.41) is 10.7. The van der Waals surface area contributed by atoms with Crippen LogP contribution in [0.4, 0.5) is 0 Å². The van der Waals surface area contributed by atoms with Crippen molar-refractivity contribution in [1.82, 2.24) is 11.5 Å². The second kappa shape index (κ2) is 4.78. The molecule has 1 atom stereocenters. The Bertz CT molecular complexity index is 146. The normalized spacial score (nSPS) is 14.4. The van der Waals surface area contributed by atoms with Gasteiger partial charge in [-0.1, -0.05) is 0 Å². The number of carboxylic acid groups (broad SMARTS) is 1. The molecule has 0 spiro atoms. The predicted octanol–water partition coefficient (Wildman–Crippen LogP) is -1.30. The standard InChI is InChI=1S/C5H10N2O3.H3N/c1-5(6,4(9)10)7-2-3-8;/h3,7H,2,6H2,1H3,(H,9,10);1H3. The number of rotatable bonds is 4. The Kier molecular flexibility index (Phi) is 5.50. The summed E-state index contributed by atoms with van der Waals surface area (Å²) in [5.41, 5.74) is 3.66. The molecule has 0 heterocycles. The Labute approximate surface area is 64.3 Å². The Morgan fingerprint density at radius 3 is 2.55 bits per heavy atom. The van der Waals surface area contributed by atoms with E-state index in [4.69, 9.17) is 10.8 Å². The SMILES string of the molecule is CC(N)(NCC=O)C(=O)O.N. The topological polar surface area (TPSA) is 127 Å². The highest BCUT2D eigenvalue weighted by Crippen LogP contribution is 1.90. The van der Waals surface area contributed by atoms with Crippen molar-refractivity contribution in [1.29, 1.82) is 0 Å². The minimum Gasteiger partial charge on any atom is -0.479 e. The number of carbonyl (C=O) groups is 2. The van der Waals surface area contributed by atoms with Gasteiger partial charge in [-0.15, -0.1) is 0 Å². The fourth-order valence-corrected chi connectivity index (χ4v) is 0.329. The van der Waals surface area contributed by atoms with E-state index >= 15 is 0 Å². The Morgan fingerprint density at radius 2 is 2.27 bits per heavy atom. The molecule has 0 amide bonds. The summed E-state index contributed by atoms with van der Waals surface area (Å²) < 4.78 is 0. The van der Waals surface area contributed by atoms with Crippen molar-refractivity contribution >= 4 is 12.3 Å². The lowest BCUT2D eigenvalue weighted by Crippen LogP contribution is -2.57. The quantitative estimate of drug-likeness (QED) is 0.301. The second-order valence-electron chi connectivity index (χ2n) is 2.06. The number of carbonyl (C=O) groups excluding carboxylic acids is 1. The van der Waals surface area contributed by atoms with Crippen LogP contribution < -0.4 is 17.2 Å². The van der Waals surface area contributed by atoms with E-state index in [-0.39, 0.29) is 12.7 Å². The van der Waals surface area contributed by atoms with E-state index < -0.39 is 11.6 Å². The highest BCUT2D eigenvalue weighted by atomic mass is 16.4. The second-order valence-corrected chi connectivity index (χ2v) is 2.06. The van der Waals surface area contributed by atoms with Gasteiger partial charge >= 0.3 is 5.97 Å². The number of hydrogen-bond acceptors (Lipinski definition) is 5. The van der Waals surface area contributed by atoms with Crippen molar-refractivity contribution in [2.24, 2.45) is 5.73 Å². The van der Waals surface area contributed by atoms with E-state index in [1.807, 2.05) is 0 Å². The van der Waals surface area contributed by atoms with Gasteiger partial charge in [0.1, 0.15) is 6.29 Å². The molecule has 0 aromatic heterocycles. The maximum absolute atomic E-state index is 10.2. The molecule has 0 bridgehead atoms. The molecular formula is C5H13N3O3. The fraction of sp³-hybridized carbons (Fsp3) is 0.600. The summed E-state index contributed by atoms with van der Waals surface area (Å²) >= 11 is 0. The first-order valence-electron chi connectivity index (χ1n) is 2.71. The smallest absolute Gasteiger partial charge is 0.338 e. The third-order valence-corrected chi connectivity index (χ3v) is 0.997. The van der Waals surface area contributed by atoms with Crippen molar-refractivity contribution in [3.8, 4) is 0 Å². The molecule has 0 aromatic carbocycles. The molecule has 0 aliphatic rings. The van der Waals surface area contributed by atoms with Gasteiger partial charge in [-0.25, -0.2) is 4.79 Å². The zero-order valence-corrected chi connectivity index (χ0v) is 6.33. The zero-order valence-electron chi connectivity index (χ0n) is 6.33. The average molecular weight is 163 g/mol. The molecule has 0 saturated carbocycles. The largest absolute Gasteiger partial charge is 0.479 e. The molecule has 11 heavy (non-hydrogen) atoms. The molecule has 0 fully saturated rings. The zero-order chi connectivity index (χ0) is 8.20. The molecule has 0 radical (unpaired) electrons. The molecule has 6 nitrogen and oxygen atoms in total. The van der Waals surface area contributed by atoms with Crippen LogP contribution in [-0.2, 0) is 9.59 Å². The van der Waals surface area contributed by atoms with Gasteiger partial charge in [0.15, 0.2) is 5.66 Å². The van der Waals surface area contributed by atoms with Gasteiger partial charge in [0.25, 0.3) is 0 Å². The van der Waals surface area contributed by atoms with E-state index in [1.165, 1.54) is 6.92 Å². The molecule has 66 valence electrons. The van der Waals surface area contributed by atoms with Crippen LogP contribution in [0, 0.1) is 0 Å². The van der Waals surface area contributed by atoms with Crippen molar-refractivity contribution in [2.75, 3.05) is 6.54 Å². The summed E-state index contributed by atoms with van der Waals surface area (Å²) in [7, 11) is 0. The van der Waals surface area contributed by atoms with Gasteiger partial charge in [0.05, 0.1) is 6.54 Å². The maximum atomic E-state index is 10.2. The lowest BCUT2D eigenvalue weighted by atomic mass is 10.2. The van der Waals surface area contributed by atoms with Crippen LogP contribution >= 0.6 is 0 Å². The van der Waals surface area contributed by atoms with Crippen LogP contribution in [0.25, 0.3) is 0 Å². The number of nitrogens with two attached hydrogens (primary N) is 1. The maximum Gasteiger partial charge on any atom is 0.338 e. The van der Waals surface area contributed by atoms with Crippen molar-refractivity contribution in [3.63, 3.8) is 0 Å². The summed E-state index contributed by atoms with van der Waals surface area (Å²) in [6, 6.07) is 0. The van der Waals surface area contributed by atoms with Crippen LogP contribution in [0.15, 0.2) is 0 Å². The highest BCUT2D eigenvalue weighted by Gasteiger charge is 2.26. The Hall–Kier alpha value is -0.980. The molecule has 0 aliphatic heterocycles. The summed E-state index contributed by atoms with van der Waals surface area (Å²) in [4.78, 5) is 20.0. The van der Waals surface area contributed by atoms with Gasteiger partial charge in [0, 0.05) is 0 Å². The minimum atomic E-state index is -1.51. The monoisotopic (exact) mass is 163 g/mol. The predicted molar refractivity (Wildman–Crippen MR) is 39.3 cm³/mol. The molecule has 0 aliphatic carbocycles. The van der Waals surface area contributed by atoms with Crippen LogP contribution in [-0.4, -0.2) is 29.6 Å². The van der Waals surface area contributed by atoms with E-state index in [1.54, 1.807) is 0 Å². The van der Waals surface area contributed by atoms with Gasteiger partial charge in [-0.3, -0.25) is 5.32 Å². The first-order valence-corrected chi connectivity index (χ1v) is 2.71. The first kappa shape index (κ1) is 12.7. The molecule has 7 N–H and O–H groups in total. The van der Waals surface area contributed by atoms with E-state index in [0.717, 1.165) is 0 Å². The average Bonchev–Trinajstić information content (AvgIpc) is 1.84. The number of carboxylic acids is 1. The Morgan fingerprint density at radius 1 is 1.82 bits per heavy atom. The van der Waals surface area contributed by atoms with E-state index in [0.29, 0.717) is 6.29 Å². The summed E-state index contributed by atoms with van der Waals surface area (Å²) in [6.45, 7) is 1.22. The van der Waals surface area contributed by atoms with Crippen LogP contribution in [0.2, 0.25) is 0 Å². The minimum absolute atomic E-state index is 0. The van der Waals surface area contributed by atoms with Gasteiger partial charge in [-0.05, 0) is 6.92 Å². The molecule has 6 heteroatoms. The molecule has 1 unspecified atom stereocenters. The number of aliphatic carboxylic acids is 1. The van der Waals surface area contributed by atoms with Crippen LogP contribution in [0.5, 0.6) is 0 Å². The Balaban J connectivity index is 0. The third-order valence-electron chi connectivity index (χ3n) is 0.997. The van der Waals surface area contributed by atoms with Crippen LogP contribution in [0.3, 0.4) is 0 Å². The van der Waals surface area contributed by atoms with Gasteiger partial charge < -0.3 is 21.8 Å². The summed E-state index contributed by atoms with van der Waals surface area (Å²) in [6.07, 6.45) is 0.550. The van der Waals surface area contributed by atoms with E-state index in [2.05, 4.69) is 5.32 Å². The van der Waals surface area contributed by atoms with Crippen LogP contribution in [0.1, 0.15) is 6.92 Å². The first-order chi connectivity index (χ1) is 4.50. The van der Waals surface area contributed by atoms with Gasteiger partial charge in [-0.2, -0.15) is 0 Å². The highest BCUT2D eigenvalue weighted by molar-refractivity contribution is 5.77. The van der Waals surface area contributed by atoms with Crippen molar-refractivity contribution < 1.29 is 14.7 Å². The number of nitrogens with one attached hydrogen (secondary N) is 1. The fourth-order valence-electron chi connectivity index (χ4n) is 0.329. The molecule has 0 saturated heterocycles. The molecule has 0 rings (SSSR count). The lowest BCUT2D eigenvalue weighted by molar-refractivity contribution is -0.143. The third kappa shape index (κ3) is 4.43. The molecular weight excluding hydrogens is 150 g/mol. The van der Waals surface area contributed by atoms with Crippen molar-refractivity contribution in [3.05, 3.63) is 0 Å². The number of hydrogen-bond donors (Lipinski definition) is 4. The van der Waals surface area contributed by atoms with Gasteiger partial charge in [0.2, 0.25) is 0 Å².